The van der Waals surface area contributed by atoms with Gasteiger partial charge in [0, 0.05) is 11.5 Å². The van der Waals surface area contributed by atoms with E-state index < -0.39 is 5.97 Å². The molecule has 1 aromatic heterocycles. The molecule has 0 fully saturated rings. The minimum Gasteiger partial charge on any atom is -0.477 e. The molecule has 3 nitrogen and oxygen atoms in total. The van der Waals surface area contributed by atoms with Crippen molar-refractivity contribution in [2.45, 2.75) is 18.4 Å². The van der Waals surface area contributed by atoms with Gasteiger partial charge in [0.15, 0.2) is 0 Å². The SMILES string of the molecule is Cc1cccc(CSCc2cccc(C(=O)O)n2)c1. The number of aryl methyl sites for hydroxylation is 1. The molecule has 1 aromatic carbocycles. The zero-order valence-corrected chi connectivity index (χ0v) is 11.5. The van der Waals surface area contributed by atoms with Crippen LogP contribution in [-0.2, 0) is 11.5 Å². The molecular weight excluding hydrogens is 258 g/mol. The number of thioether (sulfide) groups is 1. The summed E-state index contributed by atoms with van der Waals surface area (Å²) in [6.45, 7) is 2.08. The number of hydrogen-bond acceptors (Lipinski definition) is 3. The largest absolute Gasteiger partial charge is 0.477 e. The Morgan fingerprint density at radius 3 is 2.74 bits per heavy atom. The Morgan fingerprint density at radius 1 is 1.21 bits per heavy atom. The summed E-state index contributed by atoms with van der Waals surface area (Å²) < 4.78 is 0. The van der Waals surface area contributed by atoms with Crippen molar-refractivity contribution < 1.29 is 9.90 Å². The van der Waals surface area contributed by atoms with Gasteiger partial charge in [-0.05, 0) is 24.6 Å². The van der Waals surface area contributed by atoms with Gasteiger partial charge in [0.1, 0.15) is 5.69 Å². The molecule has 0 bridgehead atoms. The lowest BCUT2D eigenvalue weighted by Gasteiger charge is -2.04. The van der Waals surface area contributed by atoms with Crippen molar-refractivity contribution in [3.63, 3.8) is 0 Å². The van der Waals surface area contributed by atoms with Crippen LogP contribution >= 0.6 is 11.8 Å². The van der Waals surface area contributed by atoms with Gasteiger partial charge in [0.05, 0.1) is 5.69 Å². The van der Waals surface area contributed by atoms with E-state index in [1.54, 1.807) is 17.8 Å². The maximum atomic E-state index is 10.8. The first-order chi connectivity index (χ1) is 9.15. The topological polar surface area (TPSA) is 50.2 Å². The number of carboxylic acid groups (broad SMARTS) is 1. The summed E-state index contributed by atoms with van der Waals surface area (Å²) in [4.78, 5) is 14.9. The van der Waals surface area contributed by atoms with Gasteiger partial charge in [-0.15, -0.1) is 0 Å². The van der Waals surface area contributed by atoms with Crippen LogP contribution in [0.4, 0.5) is 0 Å². The van der Waals surface area contributed by atoms with Crippen LogP contribution in [0.1, 0.15) is 27.3 Å². The van der Waals surface area contributed by atoms with Crippen LogP contribution in [0.15, 0.2) is 42.5 Å². The monoisotopic (exact) mass is 273 g/mol. The number of carboxylic acids is 1. The maximum Gasteiger partial charge on any atom is 0.354 e. The van der Waals surface area contributed by atoms with E-state index in [0.717, 1.165) is 17.2 Å². The fourth-order valence-corrected chi connectivity index (χ4v) is 2.64. The highest BCUT2D eigenvalue weighted by molar-refractivity contribution is 7.97. The predicted molar refractivity (Wildman–Crippen MR) is 77.4 cm³/mol. The Morgan fingerprint density at radius 2 is 2.00 bits per heavy atom. The highest BCUT2D eigenvalue weighted by Crippen LogP contribution is 2.17. The first kappa shape index (κ1) is 13.6. The summed E-state index contributed by atoms with van der Waals surface area (Å²) in [7, 11) is 0. The van der Waals surface area contributed by atoms with Gasteiger partial charge in [0.25, 0.3) is 0 Å². The molecule has 0 unspecified atom stereocenters. The van der Waals surface area contributed by atoms with Crippen molar-refractivity contribution in [3.8, 4) is 0 Å². The Labute approximate surface area is 116 Å². The van der Waals surface area contributed by atoms with Crippen molar-refractivity contribution in [2.75, 3.05) is 0 Å². The minimum absolute atomic E-state index is 0.105. The molecule has 0 atom stereocenters. The number of rotatable bonds is 5. The van der Waals surface area contributed by atoms with E-state index in [2.05, 4.69) is 36.2 Å². The summed E-state index contributed by atoms with van der Waals surface area (Å²) in [6.07, 6.45) is 0. The second kappa shape index (κ2) is 6.38. The lowest BCUT2D eigenvalue weighted by atomic mass is 10.2. The van der Waals surface area contributed by atoms with Crippen LogP contribution in [-0.4, -0.2) is 16.1 Å². The van der Waals surface area contributed by atoms with Crippen LogP contribution in [0.25, 0.3) is 0 Å². The van der Waals surface area contributed by atoms with Crippen LogP contribution in [0.2, 0.25) is 0 Å². The molecule has 0 spiro atoms. The Balaban J connectivity index is 1.92. The van der Waals surface area contributed by atoms with Crippen LogP contribution in [0.3, 0.4) is 0 Å². The third kappa shape index (κ3) is 4.10. The second-order valence-electron chi connectivity index (χ2n) is 4.30. The molecule has 0 aliphatic rings. The zero-order valence-electron chi connectivity index (χ0n) is 10.7. The quantitative estimate of drug-likeness (QED) is 0.905. The molecular formula is C15H15NO2S. The van der Waals surface area contributed by atoms with Crippen molar-refractivity contribution in [2.24, 2.45) is 0 Å². The lowest BCUT2D eigenvalue weighted by molar-refractivity contribution is 0.0690. The molecule has 1 heterocycles. The minimum atomic E-state index is -0.981. The Kier molecular flexibility index (Phi) is 4.58. The third-order valence-corrected chi connectivity index (χ3v) is 3.66. The zero-order chi connectivity index (χ0) is 13.7. The number of hydrogen-bond donors (Lipinski definition) is 1. The summed E-state index contributed by atoms with van der Waals surface area (Å²) in [5, 5.41) is 8.87. The molecule has 0 radical (unpaired) electrons. The van der Waals surface area contributed by atoms with Crippen molar-refractivity contribution >= 4 is 17.7 Å². The van der Waals surface area contributed by atoms with Crippen LogP contribution in [0, 0.1) is 6.92 Å². The summed E-state index contributed by atoms with van der Waals surface area (Å²) >= 11 is 1.73. The molecule has 2 rings (SSSR count). The van der Waals surface area contributed by atoms with Gasteiger partial charge in [-0.2, -0.15) is 11.8 Å². The van der Waals surface area contributed by atoms with Gasteiger partial charge >= 0.3 is 5.97 Å². The summed E-state index contributed by atoms with van der Waals surface area (Å²) in [5.41, 5.74) is 3.44. The van der Waals surface area contributed by atoms with E-state index in [4.69, 9.17) is 5.11 Å². The predicted octanol–water partition coefficient (Wildman–Crippen LogP) is 3.52. The number of benzene rings is 1. The normalized spacial score (nSPS) is 10.4. The van der Waals surface area contributed by atoms with E-state index in [-0.39, 0.29) is 5.69 Å². The molecule has 1 N–H and O–H groups in total. The Bertz CT molecular complexity index is 584. The molecule has 98 valence electrons. The molecule has 2 aromatic rings. The lowest BCUT2D eigenvalue weighted by Crippen LogP contribution is -2.01. The average molecular weight is 273 g/mol. The van der Waals surface area contributed by atoms with Crippen molar-refractivity contribution in [1.82, 2.24) is 4.98 Å². The van der Waals surface area contributed by atoms with E-state index in [9.17, 15) is 4.79 Å². The van der Waals surface area contributed by atoms with Crippen LogP contribution < -0.4 is 0 Å². The van der Waals surface area contributed by atoms with Gasteiger partial charge < -0.3 is 5.11 Å². The van der Waals surface area contributed by atoms with Gasteiger partial charge in [-0.3, -0.25) is 0 Å². The molecule has 0 aliphatic heterocycles. The van der Waals surface area contributed by atoms with Crippen LogP contribution in [0.5, 0.6) is 0 Å². The summed E-state index contributed by atoms with van der Waals surface area (Å²) in [6, 6.07) is 13.5. The standard InChI is InChI=1S/C15H15NO2S/c1-11-4-2-5-12(8-11)9-19-10-13-6-3-7-14(16-13)15(17)18/h2-8H,9-10H2,1H3,(H,17,18). The maximum absolute atomic E-state index is 10.8. The molecule has 0 saturated heterocycles. The first-order valence-electron chi connectivity index (χ1n) is 5.97. The van der Waals surface area contributed by atoms with Gasteiger partial charge in [-0.1, -0.05) is 35.9 Å². The second-order valence-corrected chi connectivity index (χ2v) is 5.29. The van der Waals surface area contributed by atoms with Crippen molar-refractivity contribution in [3.05, 3.63) is 65.0 Å². The summed E-state index contributed by atoms with van der Waals surface area (Å²) in [5.74, 6) is 0.640. The first-order valence-corrected chi connectivity index (χ1v) is 7.13. The molecule has 4 heteroatoms. The number of aromatic nitrogens is 1. The molecule has 0 saturated carbocycles. The molecule has 0 amide bonds. The van der Waals surface area contributed by atoms with Gasteiger partial charge in [-0.25, -0.2) is 9.78 Å². The highest BCUT2D eigenvalue weighted by Gasteiger charge is 2.05. The number of aromatic carboxylic acids is 1. The average Bonchev–Trinajstić information content (AvgIpc) is 2.39. The van der Waals surface area contributed by atoms with Crippen molar-refractivity contribution in [1.29, 1.82) is 0 Å². The van der Waals surface area contributed by atoms with E-state index in [1.165, 1.54) is 17.2 Å². The number of carbonyl (C=O) groups is 1. The smallest absolute Gasteiger partial charge is 0.354 e. The Hall–Kier alpha value is -1.81. The third-order valence-electron chi connectivity index (χ3n) is 2.63. The van der Waals surface area contributed by atoms with Gasteiger partial charge in [0.2, 0.25) is 0 Å². The van der Waals surface area contributed by atoms with E-state index >= 15 is 0 Å². The fraction of sp³-hybridized carbons (Fsp3) is 0.200. The van der Waals surface area contributed by atoms with E-state index in [1.807, 2.05) is 6.07 Å². The number of pyridine rings is 1. The van der Waals surface area contributed by atoms with E-state index in [0.29, 0.717) is 0 Å². The molecule has 19 heavy (non-hydrogen) atoms. The molecule has 0 aliphatic carbocycles. The highest BCUT2D eigenvalue weighted by atomic mass is 32.2. The fourth-order valence-electron chi connectivity index (χ4n) is 1.75. The number of nitrogens with zero attached hydrogens (tertiary/aromatic N) is 1.